The van der Waals surface area contributed by atoms with E-state index in [1.54, 1.807) is 7.11 Å². The van der Waals surface area contributed by atoms with Gasteiger partial charge in [0.15, 0.2) is 0 Å². The van der Waals surface area contributed by atoms with Gasteiger partial charge in [0.05, 0.1) is 6.61 Å². The van der Waals surface area contributed by atoms with E-state index in [1.807, 2.05) is 11.9 Å². The average Bonchev–Trinajstić information content (AvgIpc) is 2.63. The SMILES string of the molecule is C=CC(=O)N(C)C1CC2CCC(C1)N2CCOC. The first-order valence-electron chi connectivity index (χ1n) is 6.81. The van der Waals surface area contributed by atoms with E-state index in [0.717, 1.165) is 26.0 Å². The Bertz CT molecular complexity index is 305. The van der Waals surface area contributed by atoms with Gasteiger partial charge in [0.25, 0.3) is 0 Å². The van der Waals surface area contributed by atoms with Gasteiger partial charge in [0.2, 0.25) is 5.91 Å². The first kappa shape index (κ1) is 13.6. The Labute approximate surface area is 110 Å². The van der Waals surface area contributed by atoms with Crippen LogP contribution in [-0.2, 0) is 9.53 Å². The van der Waals surface area contributed by atoms with Gasteiger partial charge < -0.3 is 9.64 Å². The molecule has 0 saturated carbocycles. The number of hydrogen-bond acceptors (Lipinski definition) is 3. The summed E-state index contributed by atoms with van der Waals surface area (Å²) in [6.45, 7) is 5.40. The summed E-state index contributed by atoms with van der Waals surface area (Å²) < 4.78 is 5.18. The van der Waals surface area contributed by atoms with Crippen LogP contribution in [0, 0.1) is 0 Å². The number of fused-ring (bicyclic) bond motifs is 2. The number of methoxy groups -OCH3 is 1. The molecule has 18 heavy (non-hydrogen) atoms. The lowest BCUT2D eigenvalue weighted by atomic mass is 9.96. The maximum absolute atomic E-state index is 11.7. The van der Waals surface area contributed by atoms with E-state index in [9.17, 15) is 4.79 Å². The van der Waals surface area contributed by atoms with Gasteiger partial charge in [-0.3, -0.25) is 9.69 Å². The molecular weight excluding hydrogens is 228 g/mol. The maximum atomic E-state index is 11.7. The zero-order valence-electron chi connectivity index (χ0n) is 11.5. The average molecular weight is 252 g/mol. The molecule has 1 amide bonds. The lowest BCUT2D eigenvalue weighted by Gasteiger charge is -2.41. The molecule has 2 atom stereocenters. The third-order valence-electron chi connectivity index (χ3n) is 4.48. The van der Waals surface area contributed by atoms with Crippen LogP contribution in [0.4, 0.5) is 0 Å². The van der Waals surface area contributed by atoms with Crippen molar-refractivity contribution < 1.29 is 9.53 Å². The summed E-state index contributed by atoms with van der Waals surface area (Å²) in [5.41, 5.74) is 0. The number of rotatable bonds is 5. The highest BCUT2D eigenvalue weighted by Gasteiger charge is 2.41. The molecule has 2 fully saturated rings. The Kier molecular flexibility index (Phi) is 4.40. The predicted octanol–water partition coefficient (Wildman–Crippen LogP) is 1.27. The number of hydrogen-bond donors (Lipinski definition) is 0. The number of likely N-dealkylation sites (N-methyl/N-ethyl adjacent to an activating group) is 1. The Morgan fingerprint density at radius 1 is 1.44 bits per heavy atom. The van der Waals surface area contributed by atoms with E-state index in [2.05, 4.69) is 11.5 Å². The minimum atomic E-state index is 0.0461. The number of carbonyl (C=O) groups is 1. The van der Waals surface area contributed by atoms with Crippen molar-refractivity contribution in [3.8, 4) is 0 Å². The molecule has 4 heteroatoms. The fraction of sp³-hybridized carbons (Fsp3) is 0.786. The summed E-state index contributed by atoms with van der Waals surface area (Å²) in [6.07, 6.45) is 6.13. The predicted molar refractivity (Wildman–Crippen MR) is 71.4 cm³/mol. The van der Waals surface area contributed by atoms with Crippen LogP contribution in [-0.4, -0.2) is 61.1 Å². The molecule has 0 radical (unpaired) electrons. The fourth-order valence-electron chi connectivity index (χ4n) is 3.45. The standard InChI is InChI=1S/C14H24N2O2/c1-4-14(17)15(2)13-9-11-5-6-12(10-13)16(11)7-8-18-3/h4,11-13H,1,5-10H2,2-3H3. The van der Waals surface area contributed by atoms with Crippen molar-refractivity contribution >= 4 is 5.91 Å². The number of amides is 1. The van der Waals surface area contributed by atoms with Crippen LogP contribution in [0.5, 0.6) is 0 Å². The Balaban J connectivity index is 1.95. The van der Waals surface area contributed by atoms with E-state index in [-0.39, 0.29) is 5.91 Å². The van der Waals surface area contributed by atoms with Gasteiger partial charge in [-0.05, 0) is 31.8 Å². The van der Waals surface area contributed by atoms with Gasteiger partial charge in [-0.25, -0.2) is 0 Å². The molecule has 0 spiro atoms. The molecule has 0 N–H and O–H groups in total. The Morgan fingerprint density at radius 3 is 2.56 bits per heavy atom. The smallest absolute Gasteiger partial charge is 0.245 e. The van der Waals surface area contributed by atoms with Crippen LogP contribution in [0.25, 0.3) is 0 Å². The molecule has 2 saturated heterocycles. The van der Waals surface area contributed by atoms with Gasteiger partial charge in [0, 0.05) is 38.8 Å². The topological polar surface area (TPSA) is 32.8 Å². The molecule has 0 aromatic carbocycles. The van der Waals surface area contributed by atoms with E-state index in [4.69, 9.17) is 4.74 Å². The Morgan fingerprint density at radius 2 is 2.06 bits per heavy atom. The molecule has 2 rings (SSSR count). The van der Waals surface area contributed by atoms with Crippen molar-refractivity contribution in [2.24, 2.45) is 0 Å². The summed E-state index contributed by atoms with van der Waals surface area (Å²) in [7, 11) is 3.66. The molecule has 2 unspecified atom stereocenters. The summed E-state index contributed by atoms with van der Waals surface area (Å²) in [5.74, 6) is 0.0461. The largest absolute Gasteiger partial charge is 0.383 e. The number of carbonyl (C=O) groups excluding carboxylic acids is 1. The third kappa shape index (κ3) is 2.59. The molecular formula is C14H24N2O2. The zero-order chi connectivity index (χ0) is 13.1. The highest BCUT2D eigenvalue weighted by Crippen LogP contribution is 2.37. The molecule has 2 aliphatic heterocycles. The van der Waals surface area contributed by atoms with Crippen LogP contribution in [0.2, 0.25) is 0 Å². The van der Waals surface area contributed by atoms with Crippen molar-refractivity contribution in [2.75, 3.05) is 27.3 Å². The van der Waals surface area contributed by atoms with E-state index >= 15 is 0 Å². The van der Waals surface area contributed by atoms with Crippen molar-refractivity contribution in [3.63, 3.8) is 0 Å². The van der Waals surface area contributed by atoms with E-state index in [1.165, 1.54) is 18.9 Å². The van der Waals surface area contributed by atoms with Crippen molar-refractivity contribution in [3.05, 3.63) is 12.7 Å². The molecule has 0 aliphatic carbocycles. The first-order chi connectivity index (χ1) is 8.67. The fourth-order valence-corrected chi connectivity index (χ4v) is 3.45. The van der Waals surface area contributed by atoms with Gasteiger partial charge >= 0.3 is 0 Å². The second-order valence-corrected chi connectivity index (χ2v) is 5.39. The summed E-state index contributed by atoms with van der Waals surface area (Å²) in [6, 6.07) is 1.64. The third-order valence-corrected chi connectivity index (χ3v) is 4.48. The van der Waals surface area contributed by atoms with E-state index < -0.39 is 0 Å². The minimum Gasteiger partial charge on any atom is -0.383 e. The summed E-state index contributed by atoms with van der Waals surface area (Å²) in [4.78, 5) is 16.1. The van der Waals surface area contributed by atoms with E-state index in [0.29, 0.717) is 18.1 Å². The van der Waals surface area contributed by atoms with Crippen LogP contribution < -0.4 is 0 Å². The molecule has 0 aromatic heterocycles. The highest BCUT2D eigenvalue weighted by atomic mass is 16.5. The maximum Gasteiger partial charge on any atom is 0.245 e. The summed E-state index contributed by atoms with van der Waals surface area (Å²) in [5, 5.41) is 0. The lowest BCUT2D eigenvalue weighted by Crippen LogP contribution is -2.51. The van der Waals surface area contributed by atoms with Crippen molar-refractivity contribution in [1.82, 2.24) is 9.80 Å². The molecule has 2 aliphatic rings. The monoisotopic (exact) mass is 252 g/mol. The van der Waals surface area contributed by atoms with Crippen LogP contribution in [0.15, 0.2) is 12.7 Å². The second kappa shape index (κ2) is 5.85. The van der Waals surface area contributed by atoms with Gasteiger partial charge in [0.1, 0.15) is 0 Å². The second-order valence-electron chi connectivity index (χ2n) is 5.39. The quantitative estimate of drug-likeness (QED) is 0.691. The van der Waals surface area contributed by atoms with Gasteiger partial charge in [-0.1, -0.05) is 6.58 Å². The summed E-state index contributed by atoms with van der Waals surface area (Å²) >= 11 is 0. The van der Waals surface area contributed by atoms with Gasteiger partial charge in [-0.2, -0.15) is 0 Å². The number of nitrogens with zero attached hydrogens (tertiary/aromatic N) is 2. The lowest BCUT2D eigenvalue weighted by molar-refractivity contribution is -0.128. The van der Waals surface area contributed by atoms with Crippen LogP contribution in [0.3, 0.4) is 0 Å². The highest BCUT2D eigenvalue weighted by molar-refractivity contribution is 5.87. The molecule has 2 bridgehead atoms. The number of ether oxygens (including phenoxy) is 1. The Hall–Kier alpha value is -0.870. The van der Waals surface area contributed by atoms with Gasteiger partial charge in [-0.15, -0.1) is 0 Å². The molecule has 102 valence electrons. The number of piperidine rings is 1. The normalized spacial score (nSPS) is 31.3. The minimum absolute atomic E-state index is 0.0461. The van der Waals surface area contributed by atoms with Crippen LogP contribution >= 0.6 is 0 Å². The zero-order valence-corrected chi connectivity index (χ0v) is 11.5. The first-order valence-corrected chi connectivity index (χ1v) is 6.81. The van der Waals surface area contributed by atoms with Crippen molar-refractivity contribution in [1.29, 1.82) is 0 Å². The molecule has 2 heterocycles. The molecule has 4 nitrogen and oxygen atoms in total. The van der Waals surface area contributed by atoms with Crippen LogP contribution in [0.1, 0.15) is 25.7 Å². The van der Waals surface area contributed by atoms with Crippen molar-refractivity contribution in [2.45, 2.75) is 43.8 Å². The molecule has 0 aromatic rings.